The van der Waals surface area contributed by atoms with Crippen molar-refractivity contribution in [2.45, 2.75) is 18.9 Å². The van der Waals surface area contributed by atoms with Gasteiger partial charge in [-0.15, -0.1) is 0 Å². The molecule has 5 nitrogen and oxygen atoms in total. The smallest absolute Gasteiger partial charge is 0.224 e. The Labute approximate surface area is 104 Å². The zero-order chi connectivity index (χ0) is 11.8. The first-order valence-electron chi connectivity index (χ1n) is 5.78. The van der Waals surface area contributed by atoms with Crippen LogP contribution in [0.1, 0.15) is 18.9 Å². The number of hydrogen-bond donors (Lipinski definition) is 0. The van der Waals surface area contributed by atoms with Crippen molar-refractivity contribution in [3.8, 4) is 0 Å². The van der Waals surface area contributed by atoms with E-state index in [-0.39, 0.29) is 5.28 Å². The van der Waals surface area contributed by atoms with Crippen LogP contribution >= 0.6 is 11.6 Å². The van der Waals surface area contributed by atoms with Gasteiger partial charge >= 0.3 is 0 Å². The van der Waals surface area contributed by atoms with Gasteiger partial charge in [-0.1, -0.05) is 0 Å². The van der Waals surface area contributed by atoms with Crippen molar-refractivity contribution >= 4 is 22.6 Å². The van der Waals surface area contributed by atoms with Crippen molar-refractivity contribution in [2.24, 2.45) is 0 Å². The summed E-state index contributed by atoms with van der Waals surface area (Å²) >= 11 is 5.84. The minimum atomic E-state index is 0.281. The van der Waals surface area contributed by atoms with Crippen LogP contribution < -0.4 is 0 Å². The average Bonchev–Trinajstić information content (AvgIpc) is 2.71. The Balaban J connectivity index is 2.01. The molecule has 0 amide bonds. The number of hydrogen-bond acceptors (Lipinski definition) is 4. The van der Waals surface area contributed by atoms with Crippen LogP contribution in [-0.2, 0) is 0 Å². The van der Waals surface area contributed by atoms with Gasteiger partial charge < -0.3 is 4.90 Å². The van der Waals surface area contributed by atoms with Crippen LogP contribution in [0, 0.1) is 0 Å². The molecule has 0 aliphatic carbocycles. The molecule has 1 saturated heterocycles. The van der Waals surface area contributed by atoms with Gasteiger partial charge in [0.15, 0.2) is 5.65 Å². The number of nitrogens with zero attached hydrogens (tertiary/aromatic N) is 5. The minimum Gasteiger partial charge on any atom is -0.304 e. The number of rotatable bonds is 1. The van der Waals surface area contributed by atoms with Crippen LogP contribution in [0.25, 0.3) is 11.0 Å². The van der Waals surface area contributed by atoms with Gasteiger partial charge in [0.25, 0.3) is 0 Å². The van der Waals surface area contributed by atoms with Gasteiger partial charge in [-0.3, -0.25) is 0 Å². The molecule has 0 saturated carbocycles. The third kappa shape index (κ3) is 2.00. The Kier molecular flexibility index (Phi) is 2.72. The maximum absolute atomic E-state index is 5.84. The third-order valence-electron chi connectivity index (χ3n) is 3.25. The Morgan fingerprint density at radius 2 is 2.29 bits per heavy atom. The van der Waals surface area contributed by atoms with E-state index in [1.807, 2.05) is 4.68 Å². The molecule has 0 spiro atoms. The summed E-state index contributed by atoms with van der Waals surface area (Å²) in [5.74, 6) is 0. The summed E-state index contributed by atoms with van der Waals surface area (Å²) in [6.07, 6.45) is 5.87. The standard InChI is InChI=1S/C11H14ClN5/c1-16-4-2-3-9(7-16)17-10-8(6-14-17)5-13-11(12)15-10/h5-6,9H,2-4,7H2,1H3. The van der Waals surface area contributed by atoms with Crippen LogP contribution in [0.15, 0.2) is 12.4 Å². The zero-order valence-corrected chi connectivity index (χ0v) is 10.4. The van der Waals surface area contributed by atoms with E-state index in [1.165, 1.54) is 6.42 Å². The number of fused-ring (bicyclic) bond motifs is 1. The van der Waals surface area contributed by atoms with Gasteiger partial charge in [-0.05, 0) is 38.0 Å². The van der Waals surface area contributed by atoms with Gasteiger partial charge in [-0.25, -0.2) is 9.67 Å². The second-order valence-corrected chi connectivity index (χ2v) is 4.90. The van der Waals surface area contributed by atoms with Crippen molar-refractivity contribution in [2.75, 3.05) is 20.1 Å². The molecule has 0 radical (unpaired) electrons. The molecule has 3 heterocycles. The van der Waals surface area contributed by atoms with Crippen LogP contribution in [0.3, 0.4) is 0 Å². The molecule has 0 aromatic carbocycles. The fourth-order valence-corrected chi connectivity index (χ4v) is 2.55. The van der Waals surface area contributed by atoms with E-state index in [0.717, 1.165) is 30.5 Å². The van der Waals surface area contributed by atoms with E-state index in [1.54, 1.807) is 12.4 Å². The quantitative estimate of drug-likeness (QED) is 0.725. The lowest BCUT2D eigenvalue weighted by molar-refractivity contribution is 0.205. The van der Waals surface area contributed by atoms with Crippen LogP contribution in [0.2, 0.25) is 5.28 Å². The van der Waals surface area contributed by atoms with Gasteiger partial charge in [0, 0.05) is 12.7 Å². The predicted octanol–water partition coefficient (Wildman–Crippen LogP) is 1.75. The molecule has 1 aliphatic rings. The minimum absolute atomic E-state index is 0.281. The predicted molar refractivity (Wildman–Crippen MR) is 66.1 cm³/mol. The highest BCUT2D eigenvalue weighted by molar-refractivity contribution is 6.28. The summed E-state index contributed by atoms with van der Waals surface area (Å²) in [6.45, 7) is 2.17. The normalized spacial score (nSPS) is 22.1. The molecule has 0 N–H and O–H groups in total. The lowest BCUT2D eigenvalue weighted by Crippen LogP contribution is -2.34. The van der Waals surface area contributed by atoms with E-state index < -0.39 is 0 Å². The van der Waals surface area contributed by atoms with Crippen molar-refractivity contribution < 1.29 is 0 Å². The fraction of sp³-hybridized carbons (Fsp3) is 0.545. The molecule has 1 atom stereocenters. The molecule has 2 aromatic heterocycles. The summed E-state index contributed by atoms with van der Waals surface area (Å²) in [6, 6.07) is 0.386. The summed E-state index contributed by atoms with van der Waals surface area (Å²) in [5.41, 5.74) is 0.838. The largest absolute Gasteiger partial charge is 0.304 e. The summed E-state index contributed by atoms with van der Waals surface area (Å²) < 4.78 is 1.98. The summed E-state index contributed by atoms with van der Waals surface area (Å²) in [7, 11) is 2.14. The Morgan fingerprint density at radius 3 is 3.12 bits per heavy atom. The molecule has 2 aromatic rings. The third-order valence-corrected chi connectivity index (χ3v) is 3.43. The van der Waals surface area contributed by atoms with Crippen molar-refractivity contribution in [1.82, 2.24) is 24.6 Å². The molecule has 0 bridgehead atoms. The second kappa shape index (κ2) is 4.23. The number of halogens is 1. The molecule has 1 unspecified atom stereocenters. The first-order valence-corrected chi connectivity index (χ1v) is 6.16. The SMILES string of the molecule is CN1CCCC(n2ncc3cnc(Cl)nc32)C1. The van der Waals surface area contributed by atoms with E-state index in [0.29, 0.717) is 6.04 Å². The number of aromatic nitrogens is 4. The molecular formula is C11H14ClN5. The van der Waals surface area contributed by atoms with Crippen molar-refractivity contribution in [1.29, 1.82) is 0 Å². The Morgan fingerprint density at radius 1 is 1.41 bits per heavy atom. The van der Waals surface area contributed by atoms with Crippen LogP contribution in [0.4, 0.5) is 0 Å². The molecule has 90 valence electrons. The van der Waals surface area contributed by atoms with Gasteiger partial charge in [0.1, 0.15) is 0 Å². The lowest BCUT2D eigenvalue weighted by Gasteiger charge is -2.29. The van der Waals surface area contributed by atoms with Crippen molar-refractivity contribution in [3.63, 3.8) is 0 Å². The van der Waals surface area contributed by atoms with Gasteiger partial charge in [0.2, 0.25) is 5.28 Å². The number of likely N-dealkylation sites (tertiary alicyclic amines) is 1. The maximum atomic E-state index is 5.84. The summed E-state index contributed by atoms with van der Waals surface area (Å²) in [5, 5.41) is 5.65. The van der Waals surface area contributed by atoms with Crippen molar-refractivity contribution in [3.05, 3.63) is 17.7 Å². The average molecular weight is 252 g/mol. The first-order chi connectivity index (χ1) is 8.24. The number of piperidine rings is 1. The monoisotopic (exact) mass is 251 g/mol. The zero-order valence-electron chi connectivity index (χ0n) is 9.67. The Bertz CT molecular complexity index is 538. The molecular weight excluding hydrogens is 238 g/mol. The van der Waals surface area contributed by atoms with E-state index >= 15 is 0 Å². The first kappa shape index (κ1) is 10.9. The van der Waals surface area contributed by atoms with E-state index in [9.17, 15) is 0 Å². The molecule has 3 rings (SSSR count). The number of likely N-dealkylation sites (N-methyl/N-ethyl adjacent to an activating group) is 1. The maximum Gasteiger partial charge on any atom is 0.224 e. The van der Waals surface area contributed by atoms with Crippen LogP contribution in [0.5, 0.6) is 0 Å². The summed E-state index contributed by atoms with van der Waals surface area (Å²) in [4.78, 5) is 10.6. The molecule has 1 fully saturated rings. The van der Waals surface area contributed by atoms with Gasteiger partial charge in [-0.2, -0.15) is 10.1 Å². The molecule has 1 aliphatic heterocycles. The Hall–Kier alpha value is -1.20. The highest BCUT2D eigenvalue weighted by atomic mass is 35.5. The van der Waals surface area contributed by atoms with Crippen LogP contribution in [-0.4, -0.2) is 44.8 Å². The highest BCUT2D eigenvalue weighted by Crippen LogP contribution is 2.23. The molecule has 17 heavy (non-hydrogen) atoms. The fourth-order valence-electron chi connectivity index (χ4n) is 2.42. The second-order valence-electron chi connectivity index (χ2n) is 4.57. The van der Waals surface area contributed by atoms with E-state index in [4.69, 9.17) is 11.6 Å². The molecule has 6 heteroatoms. The lowest BCUT2D eigenvalue weighted by atomic mass is 10.1. The highest BCUT2D eigenvalue weighted by Gasteiger charge is 2.21. The van der Waals surface area contributed by atoms with Gasteiger partial charge in [0.05, 0.1) is 17.6 Å². The topological polar surface area (TPSA) is 46.8 Å². The van der Waals surface area contributed by atoms with E-state index in [2.05, 4.69) is 27.0 Å².